The summed E-state index contributed by atoms with van der Waals surface area (Å²) in [5, 5.41) is 12.7. The molecule has 1 fully saturated rings. The van der Waals surface area contributed by atoms with E-state index in [2.05, 4.69) is 10.0 Å². The molecule has 3 aromatic carbocycles. The minimum atomic E-state index is -3.95. The molecule has 1 saturated heterocycles. The number of sulfonamides is 1. The normalized spacial score (nSPS) is 22.2. The highest BCUT2D eigenvalue weighted by Gasteiger charge is 2.46. The highest BCUT2D eigenvalue weighted by molar-refractivity contribution is 7.92. The number of aliphatic hydroxyl groups excluding tert-OH is 1. The molecule has 2 heterocycles. The molecule has 2 aliphatic rings. The first-order valence-electron chi connectivity index (χ1n) is 12.1. The van der Waals surface area contributed by atoms with Gasteiger partial charge in [0.2, 0.25) is 5.91 Å². The molecular weight excluding hydrogens is 518 g/mol. The Hall–Kier alpha value is -3.54. The van der Waals surface area contributed by atoms with Gasteiger partial charge in [-0.05, 0) is 66.6 Å². The average molecular weight is 545 g/mol. The third-order valence-corrected chi connectivity index (χ3v) is 8.06. The Morgan fingerprint density at radius 1 is 1.03 bits per heavy atom. The van der Waals surface area contributed by atoms with Gasteiger partial charge in [0.05, 0.1) is 24.0 Å². The van der Waals surface area contributed by atoms with E-state index < -0.39 is 34.2 Å². The van der Waals surface area contributed by atoms with Crippen LogP contribution in [0.4, 0.5) is 14.5 Å². The molecule has 2 aliphatic heterocycles. The monoisotopic (exact) mass is 544 g/mol. The fraction of sp³-hybridized carbons (Fsp3) is 0.296. The molecule has 0 radical (unpaired) electrons. The molecule has 38 heavy (non-hydrogen) atoms. The van der Waals surface area contributed by atoms with Crippen LogP contribution in [-0.4, -0.2) is 44.4 Å². The number of amides is 1. The second-order valence-corrected chi connectivity index (χ2v) is 11.0. The quantitative estimate of drug-likeness (QED) is 0.400. The average Bonchev–Trinajstić information content (AvgIpc) is 3.25. The number of rotatable bonds is 8. The van der Waals surface area contributed by atoms with Crippen molar-refractivity contribution < 1.29 is 36.6 Å². The van der Waals surface area contributed by atoms with Crippen LogP contribution in [0.15, 0.2) is 71.6 Å². The maximum Gasteiger partial charge on any atom is 0.261 e. The van der Waals surface area contributed by atoms with Crippen LogP contribution in [0.3, 0.4) is 0 Å². The molecule has 3 N–H and O–H groups in total. The minimum absolute atomic E-state index is 0.0290. The van der Waals surface area contributed by atoms with Crippen LogP contribution >= 0.6 is 0 Å². The Labute approximate surface area is 218 Å². The van der Waals surface area contributed by atoms with Crippen LogP contribution in [-0.2, 0) is 26.1 Å². The fourth-order valence-corrected chi connectivity index (χ4v) is 5.96. The molecule has 0 spiro atoms. The first kappa shape index (κ1) is 26.1. The molecule has 5 rings (SSSR count). The van der Waals surface area contributed by atoms with Crippen molar-refractivity contribution in [3.8, 4) is 5.75 Å². The Morgan fingerprint density at radius 3 is 2.55 bits per heavy atom. The summed E-state index contributed by atoms with van der Waals surface area (Å²) in [4.78, 5) is 12.5. The lowest BCUT2D eigenvalue weighted by Crippen LogP contribution is -2.47. The predicted molar refractivity (Wildman–Crippen MR) is 134 cm³/mol. The van der Waals surface area contributed by atoms with E-state index in [0.29, 0.717) is 23.4 Å². The summed E-state index contributed by atoms with van der Waals surface area (Å²) >= 11 is 0. The van der Waals surface area contributed by atoms with E-state index in [4.69, 9.17) is 9.47 Å². The maximum atomic E-state index is 13.4. The summed E-state index contributed by atoms with van der Waals surface area (Å²) in [5.41, 5.74) is 1.67. The topological polar surface area (TPSA) is 114 Å². The smallest absolute Gasteiger partial charge is 0.261 e. The highest BCUT2D eigenvalue weighted by atomic mass is 32.2. The molecule has 0 unspecified atom stereocenters. The van der Waals surface area contributed by atoms with Crippen LogP contribution in [0.1, 0.15) is 29.9 Å². The molecule has 4 atom stereocenters. The number of hydrogen-bond donors (Lipinski definition) is 3. The minimum Gasteiger partial charge on any atom is -0.487 e. The number of fused-ring (bicyclic) bond motifs is 3. The SMILES string of the molecule is O=C(C[C@@H]1C[C@H]2c3cc(NS(=O)(=O)c4ccc(F)cc4)ccc3O[C@H]2[C@@H](CO)O1)NCc1cccc(F)c1. The number of anilines is 1. The summed E-state index contributed by atoms with van der Waals surface area (Å²) in [6.45, 7) is -0.150. The van der Waals surface area contributed by atoms with Gasteiger partial charge < -0.3 is 19.9 Å². The summed E-state index contributed by atoms with van der Waals surface area (Å²) < 4.78 is 66.6. The van der Waals surface area contributed by atoms with E-state index in [0.717, 1.165) is 17.7 Å². The standard InChI is InChI=1S/C27H26F2N2O6S/c28-17-4-7-21(8-5-17)38(34,35)31-19-6-9-24-22(11-19)23-12-20(36-25(15-32)27(23)37-24)13-26(33)30-14-16-2-1-3-18(29)10-16/h1-11,20,23,25,27,31-32H,12-15H2,(H,30,33)/t20-,23-,25+,27+/m0/s1. The molecule has 1 amide bonds. The van der Waals surface area contributed by atoms with Crippen LogP contribution < -0.4 is 14.8 Å². The first-order valence-corrected chi connectivity index (χ1v) is 13.6. The van der Waals surface area contributed by atoms with E-state index in [1.807, 2.05) is 0 Å². The van der Waals surface area contributed by atoms with Crippen LogP contribution in [0.5, 0.6) is 5.75 Å². The zero-order valence-corrected chi connectivity index (χ0v) is 21.0. The number of halogens is 2. The summed E-state index contributed by atoms with van der Waals surface area (Å²) in [6, 6.07) is 15.3. The second kappa shape index (κ2) is 10.7. The van der Waals surface area contributed by atoms with E-state index in [1.165, 1.54) is 24.3 Å². The van der Waals surface area contributed by atoms with Crippen LogP contribution in [0.25, 0.3) is 0 Å². The van der Waals surface area contributed by atoms with Gasteiger partial charge in [0, 0.05) is 23.7 Å². The molecule has 0 aliphatic carbocycles. The predicted octanol–water partition coefficient (Wildman–Crippen LogP) is 3.47. The van der Waals surface area contributed by atoms with E-state index >= 15 is 0 Å². The number of aliphatic hydroxyl groups is 1. The number of hydrogen-bond acceptors (Lipinski definition) is 6. The van der Waals surface area contributed by atoms with E-state index in [9.17, 15) is 27.1 Å². The van der Waals surface area contributed by atoms with Crippen LogP contribution in [0.2, 0.25) is 0 Å². The van der Waals surface area contributed by atoms with Crippen molar-refractivity contribution in [2.75, 3.05) is 11.3 Å². The van der Waals surface area contributed by atoms with Gasteiger partial charge in [-0.15, -0.1) is 0 Å². The van der Waals surface area contributed by atoms with Crippen molar-refractivity contribution in [1.82, 2.24) is 5.32 Å². The zero-order chi connectivity index (χ0) is 26.9. The molecule has 11 heteroatoms. The van der Waals surface area contributed by atoms with Gasteiger partial charge in [0.25, 0.3) is 10.0 Å². The first-order chi connectivity index (χ1) is 18.2. The van der Waals surface area contributed by atoms with Crippen molar-refractivity contribution in [2.45, 2.75) is 48.5 Å². The number of carbonyl (C=O) groups is 1. The lowest BCUT2D eigenvalue weighted by Gasteiger charge is -2.37. The summed E-state index contributed by atoms with van der Waals surface area (Å²) in [5.74, 6) is -0.909. The van der Waals surface area contributed by atoms with Gasteiger partial charge >= 0.3 is 0 Å². The molecule has 200 valence electrons. The van der Waals surface area contributed by atoms with Crippen molar-refractivity contribution in [1.29, 1.82) is 0 Å². The van der Waals surface area contributed by atoms with E-state index in [-0.39, 0.29) is 42.1 Å². The second-order valence-electron chi connectivity index (χ2n) is 9.33. The molecular formula is C27H26F2N2O6S. The maximum absolute atomic E-state index is 13.4. The Kier molecular flexibility index (Phi) is 7.33. The van der Waals surface area contributed by atoms with Gasteiger partial charge in [0.1, 0.15) is 29.6 Å². The summed E-state index contributed by atoms with van der Waals surface area (Å²) in [6.07, 6.45) is -1.25. The number of nitrogens with one attached hydrogen (secondary N) is 2. The molecule has 0 saturated carbocycles. The van der Waals surface area contributed by atoms with Gasteiger partial charge in [0.15, 0.2) is 0 Å². The highest BCUT2D eigenvalue weighted by Crippen LogP contribution is 2.47. The number of ether oxygens (including phenoxy) is 2. The third kappa shape index (κ3) is 5.64. The third-order valence-electron chi connectivity index (χ3n) is 6.67. The van der Waals surface area contributed by atoms with Crippen molar-refractivity contribution in [3.63, 3.8) is 0 Å². The van der Waals surface area contributed by atoms with Gasteiger partial charge in [-0.1, -0.05) is 12.1 Å². The number of benzene rings is 3. The van der Waals surface area contributed by atoms with E-state index in [1.54, 1.807) is 30.3 Å². The zero-order valence-electron chi connectivity index (χ0n) is 20.1. The Bertz CT molecular complexity index is 1430. The molecule has 8 nitrogen and oxygen atoms in total. The van der Waals surface area contributed by atoms with Crippen molar-refractivity contribution in [2.24, 2.45) is 0 Å². The lowest BCUT2D eigenvalue weighted by atomic mass is 9.84. The van der Waals surface area contributed by atoms with Crippen LogP contribution in [0, 0.1) is 11.6 Å². The number of carbonyl (C=O) groups excluding carboxylic acids is 1. The van der Waals surface area contributed by atoms with Gasteiger partial charge in [-0.3, -0.25) is 9.52 Å². The van der Waals surface area contributed by atoms with Crippen molar-refractivity contribution in [3.05, 3.63) is 89.5 Å². The fourth-order valence-electron chi connectivity index (χ4n) is 4.91. The largest absolute Gasteiger partial charge is 0.487 e. The molecule has 3 aromatic rings. The lowest BCUT2D eigenvalue weighted by molar-refractivity contribution is -0.142. The van der Waals surface area contributed by atoms with Gasteiger partial charge in [-0.2, -0.15) is 0 Å². The Balaban J connectivity index is 1.28. The molecule has 0 aromatic heterocycles. The van der Waals surface area contributed by atoms with Crippen molar-refractivity contribution >= 4 is 21.6 Å². The molecule has 0 bridgehead atoms. The Morgan fingerprint density at radius 2 is 1.82 bits per heavy atom. The summed E-state index contributed by atoms with van der Waals surface area (Å²) in [7, 11) is -3.95. The van der Waals surface area contributed by atoms with Gasteiger partial charge in [-0.25, -0.2) is 17.2 Å².